The fraction of sp³-hybridized carbons (Fsp3) is 0.0189. The summed E-state index contributed by atoms with van der Waals surface area (Å²) in [5.74, 6) is 0. The van der Waals surface area contributed by atoms with Crippen molar-refractivity contribution >= 4 is 43.1 Å². The Hall–Kier alpha value is -6.76. The van der Waals surface area contributed by atoms with Gasteiger partial charge in [-0.05, 0) is 128 Å². The first-order chi connectivity index (χ1) is 26.3. The zero-order chi connectivity index (χ0) is 34.7. The van der Waals surface area contributed by atoms with Crippen LogP contribution in [0.3, 0.4) is 0 Å². The Bertz CT molecular complexity index is 3130. The lowest BCUT2D eigenvalue weighted by molar-refractivity contribution is 0.802. The second-order valence-electron chi connectivity index (χ2n) is 14.7. The number of fused-ring (bicyclic) bond motifs is 17. The minimum Gasteiger partial charge on any atom is -0.0619 e. The number of hydrogen-bond donors (Lipinski definition) is 0. The Labute approximate surface area is 308 Å². The molecule has 0 atom stereocenters. The van der Waals surface area contributed by atoms with Gasteiger partial charge in [0.2, 0.25) is 0 Å². The summed E-state index contributed by atoms with van der Waals surface area (Å²) in [6.45, 7) is 0. The Morgan fingerprint density at radius 3 is 1.68 bits per heavy atom. The molecule has 0 aliphatic heterocycles. The number of benzene rings is 10. The first-order valence-corrected chi connectivity index (χ1v) is 18.6. The highest BCUT2D eigenvalue weighted by Gasteiger charge is 2.52. The summed E-state index contributed by atoms with van der Waals surface area (Å²) in [5, 5.41) is 10.3. The molecule has 10 aromatic rings. The Morgan fingerprint density at radius 2 is 0.868 bits per heavy atom. The molecule has 53 heavy (non-hydrogen) atoms. The van der Waals surface area contributed by atoms with Gasteiger partial charge >= 0.3 is 0 Å². The van der Waals surface area contributed by atoms with Crippen molar-refractivity contribution in [3.63, 3.8) is 0 Å². The van der Waals surface area contributed by atoms with E-state index in [2.05, 4.69) is 194 Å². The molecule has 0 amide bonds. The monoisotopic (exact) mass is 668 g/mol. The van der Waals surface area contributed by atoms with Gasteiger partial charge in [-0.1, -0.05) is 176 Å². The third kappa shape index (κ3) is 3.80. The summed E-state index contributed by atoms with van der Waals surface area (Å²) in [5.41, 5.74) is 15.5. The fourth-order valence-electron chi connectivity index (χ4n) is 10.1. The minimum atomic E-state index is -0.403. The van der Waals surface area contributed by atoms with Gasteiger partial charge in [-0.25, -0.2) is 0 Å². The Morgan fingerprint density at radius 1 is 0.264 bits per heavy atom. The van der Waals surface area contributed by atoms with E-state index in [0.29, 0.717) is 0 Å². The van der Waals surface area contributed by atoms with Gasteiger partial charge in [0.1, 0.15) is 0 Å². The van der Waals surface area contributed by atoms with Crippen molar-refractivity contribution < 1.29 is 0 Å². The third-order valence-corrected chi connectivity index (χ3v) is 12.2. The maximum absolute atomic E-state index is 2.42. The van der Waals surface area contributed by atoms with Crippen molar-refractivity contribution in [1.82, 2.24) is 0 Å². The van der Waals surface area contributed by atoms with Gasteiger partial charge in [-0.2, -0.15) is 0 Å². The van der Waals surface area contributed by atoms with Gasteiger partial charge < -0.3 is 0 Å². The van der Waals surface area contributed by atoms with Gasteiger partial charge in [-0.15, -0.1) is 0 Å². The van der Waals surface area contributed by atoms with E-state index in [0.717, 1.165) is 0 Å². The fourth-order valence-corrected chi connectivity index (χ4v) is 10.1. The molecule has 0 nitrogen and oxygen atoms in total. The zero-order valence-corrected chi connectivity index (χ0v) is 29.0. The molecule has 0 saturated carbocycles. The molecule has 0 saturated heterocycles. The van der Waals surface area contributed by atoms with E-state index in [1.165, 1.54) is 110 Å². The van der Waals surface area contributed by atoms with Crippen LogP contribution in [0.25, 0.3) is 87.6 Å². The van der Waals surface area contributed by atoms with Crippen LogP contribution in [-0.4, -0.2) is 0 Å². The van der Waals surface area contributed by atoms with Crippen LogP contribution in [0.5, 0.6) is 0 Å². The van der Waals surface area contributed by atoms with Crippen LogP contribution in [0.1, 0.15) is 22.3 Å². The minimum absolute atomic E-state index is 0.403. The molecule has 1 spiro atoms. The lowest BCUT2D eigenvalue weighted by atomic mass is 9.69. The second kappa shape index (κ2) is 10.6. The molecular weight excluding hydrogens is 637 g/mol. The predicted octanol–water partition coefficient (Wildman–Crippen LogP) is 14.0. The number of rotatable bonds is 2. The molecule has 0 radical (unpaired) electrons. The van der Waals surface area contributed by atoms with Crippen molar-refractivity contribution in [3.05, 3.63) is 216 Å². The summed E-state index contributed by atoms with van der Waals surface area (Å²) >= 11 is 0. The van der Waals surface area contributed by atoms with E-state index < -0.39 is 5.41 Å². The highest BCUT2D eigenvalue weighted by molar-refractivity contribution is 6.14. The smallest absolute Gasteiger partial charge is 0.0619 e. The molecule has 10 aromatic carbocycles. The maximum atomic E-state index is 2.42. The van der Waals surface area contributed by atoms with Crippen LogP contribution >= 0.6 is 0 Å². The Kier molecular flexibility index (Phi) is 5.80. The lowest BCUT2D eigenvalue weighted by Gasteiger charge is -2.31. The molecule has 0 N–H and O–H groups in total. The molecular formula is C53H32. The highest BCUT2D eigenvalue weighted by atomic mass is 14.5. The molecule has 2 aliphatic carbocycles. The van der Waals surface area contributed by atoms with E-state index in [1.807, 2.05) is 0 Å². The van der Waals surface area contributed by atoms with E-state index in [4.69, 9.17) is 0 Å². The molecule has 0 fully saturated rings. The van der Waals surface area contributed by atoms with Crippen molar-refractivity contribution in [2.75, 3.05) is 0 Å². The molecule has 0 bridgehead atoms. The molecule has 0 heteroatoms. The zero-order valence-electron chi connectivity index (χ0n) is 29.0. The van der Waals surface area contributed by atoms with Gasteiger partial charge in [0, 0.05) is 0 Å². The van der Waals surface area contributed by atoms with Gasteiger partial charge in [0.05, 0.1) is 5.41 Å². The standard InChI is InChI=1S/C53H32/c1-4-17-40-33(12-1)26-29-50-51(40)46-28-25-38-31-35(24-27-41(38)52(46)53(50)48-22-9-7-20-44(48)45-21-8-10-23-49(45)53)34-14-11-15-36(30-34)47-32-37-13-2-3-16-39(37)42-18-5-6-19-43(42)47/h1-32H. The molecule has 12 rings (SSSR count). The topological polar surface area (TPSA) is 0 Å². The molecule has 2 aliphatic rings. The van der Waals surface area contributed by atoms with Crippen LogP contribution in [0.15, 0.2) is 194 Å². The summed E-state index contributed by atoms with van der Waals surface area (Å²) in [7, 11) is 0. The summed E-state index contributed by atoms with van der Waals surface area (Å²) in [6, 6.07) is 72.8. The first-order valence-electron chi connectivity index (χ1n) is 18.6. The van der Waals surface area contributed by atoms with E-state index in [1.54, 1.807) is 0 Å². The Balaban J connectivity index is 1.10. The quantitative estimate of drug-likeness (QED) is 0.161. The molecule has 0 aromatic heterocycles. The van der Waals surface area contributed by atoms with Crippen LogP contribution in [-0.2, 0) is 5.41 Å². The van der Waals surface area contributed by atoms with Gasteiger partial charge in [0.15, 0.2) is 0 Å². The van der Waals surface area contributed by atoms with Crippen molar-refractivity contribution in [2.24, 2.45) is 0 Å². The lowest BCUT2D eigenvalue weighted by Crippen LogP contribution is -2.26. The first kappa shape index (κ1) is 28.9. The average Bonchev–Trinajstić information content (AvgIpc) is 3.71. The van der Waals surface area contributed by atoms with Crippen molar-refractivity contribution in [1.29, 1.82) is 0 Å². The van der Waals surface area contributed by atoms with Crippen molar-refractivity contribution in [2.45, 2.75) is 5.41 Å². The second-order valence-corrected chi connectivity index (χ2v) is 14.7. The SMILES string of the molecule is c1cc(-c2ccc3c4c(ccc3c2)-c2c(ccc3ccccc23)C42c3ccccc3-c3ccccc32)cc(-c2cc3ccccc3c3ccccc23)c1. The predicted molar refractivity (Wildman–Crippen MR) is 224 cm³/mol. The molecule has 244 valence electrons. The summed E-state index contributed by atoms with van der Waals surface area (Å²) < 4.78 is 0. The highest BCUT2D eigenvalue weighted by Crippen LogP contribution is 2.65. The molecule has 0 unspecified atom stereocenters. The van der Waals surface area contributed by atoms with Crippen LogP contribution in [0, 0.1) is 0 Å². The maximum Gasteiger partial charge on any atom is 0.0731 e. The largest absolute Gasteiger partial charge is 0.0731 e. The van der Waals surface area contributed by atoms with Gasteiger partial charge in [-0.3, -0.25) is 0 Å². The average molecular weight is 669 g/mol. The summed E-state index contributed by atoms with van der Waals surface area (Å²) in [6.07, 6.45) is 0. The normalized spacial score (nSPS) is 13.4. The summed E-state index contributed by atoms with van der Waals surface area (Å²) in [4.78, 5) is 0. The third-order valence-electron chi connectivity index (χ3n) is 12.2. The molecule has 0 heterocycles. The number of hydrogen-bond acceptors (Lipinski definition) is 0. The van der Waals surface area contributed by atoms with Gasteiger partial charge in [0.25, 0.3) is 0 Å². The van der Waals surface area contributed by atoms with Crippen LogP contribution < -0.4 is 0 Å². The van der Waals surface area contributed by atoms with E-state index in [9.17, 15) is 0 Å². The van der Waals surface area contributed by atoms with E-state index >= 15 is 0 Å². The van der Waals surface area contributed by atoms with Crippen molar-refractivity contribution in [3.8, 4) is 44.5 Å². The van der Waals surface area contributed by atoms with Crippen LogP contribution in [0.4, 0.5) is 0 Å². The van der Waals surface area contributed by atoms with Crippen LogP contribution in [0.2, 0.25) is 0 Å². The van der Waals surface area contributed by atoms with E-state index in [-0.39, 0.29) is 0 Å².